The summed E-state index contributed by atoms with van der Waals surface area (Å²) in [6, 6.07) is 66.5. The Balaban J connectivity index is 1.37. The Hall–Kier alpha value is -8.52. The summed E-state index contributed by atoms with van der Waals surface area (Å²) < 4.78 is 2.17. The second-order valence-electron chi connectivity index (χ2n) is 14.1. The molecule has 0 N–H and O–H groups in total. The molecule has 0 amide bonds. The molecule has 7 nitrogen and oxygen atoms in total. The van der Waals surface area contributed by atoms with Crippen LogP contribution < -0.4 is 0 Å². The molecular formula is C52H31N7. The fourth-order valence-electron chi connectivity index (χ4n) is 7.73. The molecule has 59 heavy (non-hydrogen) atoms. The third kappa shape index (κ3) is 6.45. The minimum atomic E-state index is 0.411. The van der Waals surface area contributed by atoms with E-state index in [-0.39, 0.29) is 0 Å². The van der Waals surface area contributed by atoms with E-state index in [1.54, 1.807) is 0 Å². The van der Waals surface area contributed by atoms with Crippen molar-refractivity contribution in [2.24, 2.45) is 0 Å². The van der Waals surface area contributed by atoms with Crippen LogP contribution in [0.4, 0.5) is 0 Å². The number of hydrogen-bond donors (Lipinski definition) is 0. The molecule has 0 aliphatic rings. The third-order valence-electron chi connectivity index (χ3n) is 10.5. The molecule has 3 aromatic heterocycles. The van der Waals surface area contributed by atoms with Crippen molar-refractivity contribution in [1.82, 2.24) is 24.5 Å². The zero-order valence-electron chi connectivity index (χ0n) is 31.5. The van der Waals surface area contributed by atoms with Gasteiger partial charge in [-0.15, -0.1) is 0 Å². The Labute approximate surface area is 340 Å². The van der Waals surface area contributed by atoms with Crippen LogP contribution in [0.25, 0.3) is 95.3 Å². The maximum atomic E-state index is 10.8. The highest BCUT2D eigenvalue weighted by Crippen LogP contribution is 2.43. The highest BCUT2D eigenvalue weighted by Gasteiger charge is 2.25. The standard InChI is InChI=1S/C52H31N7/c53-32-34-25-26-41-40-23-13-14-24-48(40)59(49(41)29-34)50-42(47-31-46(38-19-9-3-10-20-38)55-51(58-47)39-21-11-4-12-22-39)27-35(33-54)28-43(50)52-56-44(36-15-5-1-6-16-36)30-45(57-52)37-17-7-2-8-18-37/h1-31H. The predicted octanol–water partition coefficient (Wildman–Crippen LogP) is 12.1. The molecule has 7 aromatic carbocycles. The molecule has 274 valence electrons. The van der Waals surface area contributed by atoms with E-state index in [4.69, 9.17) is 19.9 Å². The maximum absolute atomic E-state index is 10.8. The van der Waals surface area contributed by atoms with Crippen LogP contribution in [-0.4, -0.2) is 24.5 Å². The van der Waals surface area contributed by atoms with Crippen molar-refractivity contribution in [3.8, 4) is 85.6 Å². The van der Waals surface area contributed by atoms with E-state index < -0.39 is 0 Å². The molecule has 0 aliphatic carbocycles. The average Bonchev–Trinajstić information content (AvgIpc) is 3.65. The summed E-state index contributed by atoms with van der Waals surface area (Å²) in [4.78, 5) is 20.9. The number of para-hydroxylation sites is 1. The lowest BCUT2D eigenvalue weighted by Crippen LogP contribution is -2.06. The molecule has 10 aromatic rings. The van der Waals surface area contributed by atoms with Crippen LogP contribution in [0.5, 0.6) is 0 Å². The SMILES string of the molecule is N#Cc1cc(-c2cc(-c3ccccc3)nc(-c3ccccc3)n2)c(-n2c3ccccc3c3ccc(C#N)cc32)c(-c2nc(-c3ccccc3)cc(-c3ccccc3)n2)c1. The molecule has 0 fully saturated rings. The van der Waals surface area contributed by atoms with Gasteiger partial charge in [-0.3, -0.25) is 0 Å². The van der Waals surface area contributed by atoms with Crippen LogP contribution in [0, 0.1) is 22.7 Å². The van der Waals surface area contributed by atoms with Crippen molar-refractivity contribution in [3.63, 3.8) is 0 Å². The summed E-state index contributed by atoms with van der Waals surface area (Å²) in [6.07, 6.45) is 0. The Morgan fingerprint density at radius 1 is 0.356 bits per heavy atom. The second kappa shape index (κ2) is 14.9. The predicted molar refractivity (Wildman–Crippen MR) is 234 cm³/mol. The van der Waals surface area contributed by atoms with Gasteiger partial charge in [0.15, 0.2) is 11.6 Å². The number of hydrogen-bond acceptors (Lipinski definition) is 6. The highest BCUT2D eigenvalue weighted by atomic mass is 15.0. The topological polar surface area (TPSA) is 104 Å². The van der Waals surface area contributed by atoms with Crippen LogP contribution in [0.1, 0.15) is 11.1 Å². The van der Waals surface area contributed by atoms with Crippen LogP contribution in [0.15, 0.2) is 188 Å². The van der Waals surface area contributed by atoms with Gasteiger partial charge in [0.1, 0.15) is 0 Å². The number of nitriles is 2. The molecule has 10 rings (SSSR count). The first kappa shape index (κ1) is 34.9. The van der Waals surface area contributed by atoms with Crippen LogP contribution >= 0.6 is 0 Å². The molecule has 0 saturated carbocycles. The van der Waals surface area contributed by atoms with Crippen LogP contribution in [0.2, 0.25) is 0 Å². The highest BCUT2D eigenvalue weighted by molar-refractivity contribution is 6.11. The van der Waals surface area contributed by atoms with Crippen molar-refractivity contribution in [2.45, 2.75) is 0 Å². The van der Waals surface area contributed by atoms with Gasteiger partial charge in [0.05, 0.1) is 62.8 Å². The van der Waals surface area contributed by atoms with Crippen molar-refractivity contribution < 1.29 is 0 Å². The van der Waals surface area contributed by atoms with E-state index in [1.165, 1.54) is 0 Å². The van der Waals surface area contributed by atoms with Gasteiger partial charge >= 0.3 is 0 Å². The van der Waals surface area contributed by atoms with Crippen molar-refractivity contribution in [3.05, 3.63) is 199 Å². The Morgan fingerprint density at radius 3 is 1.39 bits per heavy atom. The van der Waals surface area contributed by atoms with Gasteiger partial charge in [-0.2, -0.15) is 10.5 Å². The maximum Gasteiger partial charge on any atom is 0.162 e. The van der Waals surface area contributed by atoms with E-state index in [2.05, 4.69) is 28.8 Å². The lowest BCUT2D eigenvalue weighted by atomic mass is 9.97. The van der Waals surface area contributed by atoms with Gasteiger partial charge in [-0.25, -0.2) is 19.9 Å². The van der Waals surface area contributed by atoms with E-state index in [0.29, 0.717) is 45.3 Å². The van der Waals surface area contributed by atoms with Crippen molar-refractivity contribution >= 4 is 21.8 Å². The van der Waals surface area contributed by atoms with Gasteiger partial charge in [0.2, 0.25) is 0 Å². The van der Waals surface area contributed by atoms with E-state index in [9.17, 15) is 10.5 Å². The Kier molecular flexibility index (Phi) is 8.80. The number of nitrogens with zero attached hydrogens (tertiary/aromatic N) is 7. The first-order chi connectivity index (χ1) is 29.1. The Morgan fingerprint density at radius 2 is 0.814 bits per heavy atom. The molecule has 0 aliphatic heterocycles. The molecule has 7 heteroatoms. The minimum absolute atomic E-state index is 0.411. The largest absolute Gasteiger partial charge is 0.308 e. The molecule has 0 spiro atoms. The number of fused-ring (bicyclic) bond motifs is 3. The van der Waals surface area contributed by atoms with Crippen LogP contribution in [0.3, 0.4) is 0 Å². The molecule has 3 heterocycles. The summed E-state index contributed by atoms with van der Waals surface area (Å²) in [7, 11) is 0. The van der Waals surface area contributed by atoms with Gasteiger partial charge in [0, 0.05) is 44.2 Å². The monoisotopic (exact) mass is 753 g/mol. The molecule has 0 saturated heterocycles. The molecule has 0 bridgehead atoms. The van der Waals surface area contributed by atoms with E-state index in [1.807, 2.05) is 176 Å². The number of aromatic nitrogens is 5. The lowest BCUT2D eigenvalue weighted by Gasteiger charge is -2.20. The molecule has 0 atom stereocenters. The van der Waals surface area contributed by atoms with E-state index in [0.717, 1.165) is 61.1 Å². The lowest BCUT2D eigenvalue weighted by molar-refractivity contribution is 1.13. The Bertz CT molecular complexity index is 3010. The third-order valence-corrected chi connectivity index (χ3v) is 10.5. The van der Waals surface area contributed by atoms with Crippen molar-refractivity contribution in [1.29, 1.82) is 10.5 Å². The van der Waals surface area contributed by atoms with E-state index >= 15 is 0 Å². The molecular weight excluding hydrogens is 723 g/mol. The average molecular weight is 754 g/mol. The summed E-state index contributed by atoms with van der Waals surface area (Å²) in [5.74, 6) is 0.973. The molecule has 0 radical (unpaired) electrons. The summed E-state index contributed by atoms with van der Waals surface area (Å²) >= 11 is 0. The summed E-state index contributed by atoms with van der Waals surface area (Å²) in [5, 5.41) is 23.0. The smallest absolute Gasteiger partial charge is 0.162 e. The second-order valence-corrected chi connectivity index (χ2v) is 14.1. The zero-order valence-corrected chi connectivity index (χ0v) is 31.5. The zero-order chi connectivity index (χ0) is 39.7. The fourth-order valence-corrected chi connectivity index (χ4v) is 7.73. The minimum Gasteiger partial charge on any atom is -0.308 e. The quantitative estimate of drug-likeness (QED) is 0.160. The number of rotatable bonds is 7. The summed E-state index contributed by atoms with van der Waals surface area (Å²) in [5.41, 5.74) is 11.1. The fraction of sp³-hybridized carbons (Fsp3) is 0. The number of benzene rings is 7. The summed E-state index contributed by atoms with van der Waals surface area (Å²) in [6.45, 7) is 0. The van der Waals surface area contributed by atoms with Crippen LogP contribution in [-0.2, 0) is 0 Å². The first-order valence-electron chi connectivity index (χ1n) is 19.2. The van der Waals surface area contributed by atoms with Gasteiger partial charge < -0.3 is 4.57 Å². The van der Waals surface area contributed by atoms with Gasteiger partial charge in [0.25, 0.3) is 0 Å². The van der Waals surface area contributed by atoms with Gasteiger partial charge in [-0.05, 0) is 42.5 Å². The van der Waals surface area contributed by atoms with Crippen molar-refractivity contribution in [2.75, 3.05) is 0 Å². The normalized spacial score (nSPS) is 11.0. The molecule has 0 unspecified atom stereocenters. The van der Waals surface area contributed by atoms with Gasteiger partial charge in [-0.1, -0.05) is 146 Å². The first-order valence-corrected chi connectivity index (χ1v) is 19.2.